The van der Waals surface area contributed by atoms with Crippen LogP contribution < -0.4 is 5.73 Å². The number of hydrogen-bond donors (Lipinski definition) is 3. The maximum atomic E-state index is 11.4. The Labute approximate surface area is 110 Å². The van der Waals surface area contributed by atoms with Crippen molar-refractivity contribution in [2.75, 3.05) is 0 Å². The van der Waals surface area contributed by atoms with Crippen LogP contribution in [0.4, 0.5) is 0 Å². The molecule has 19 heavy (non-hydrogen) atoms. The minimum atomic E-state index is -4.65. The molecule has 1 aliphatic carbocycles. The van der Waals surface area contributed by atoms with Crippen molar-refractivity contribution >= 4 is 26.3 Å². The summed E-state index contributed by atoms with van der Waals surface area (Å²) in [5, 5.41) is 0. The van der Waals surface area contributed by atoms with Gasteiger partial charge in [-0.15, -0.1) is 0 Å². The lowest BCUT2D eigenvalue weighted by molar-refractivity contribution is 0.426. The third kappa shape index (κ3) is 2.19. The lowest BCUT2D eigenvalue weighted by Crippen LogP contribution is -2.45. The van der Waals surface area contributed by atoms with Gasteiger partial charge in [0.05, 0.1) is 0 Å². The topological polar surface area (TPSA) is 135 Å². The van der Waals surface area contributed by atoms with Crippen LogP contribution in [0.15, 0.2) is 29.2 Å². The monoisotopic (exact) mass is 305 g/mol. The van der Waals surface area contributed by atoms with E-state index in [4.69, 9.17) is 10.3 Å². The van der Waals surface area contributed by atoms with Gasteiger partial charge in [-0.25, -0.2) is 0 Å². The van der Waals surface area contributed by atoms with Crippen LogP contribution in [-0.2, 0) is 25.1 Å². The Balaban J connectivity index is 2.85. The molecule has 0 bridgehead atoms. The predicted octanol–water partition coefficient (Wildman–Crippen LogP) is 0.350. The summed E-state index contributed by atoms with van der Waals surface area (Å²) in [6.07, 6.45) is 2.47. The zero-order valence-corrected chi connectivity index (χ0v) is 11.1. The normalized spacial score (nSPS) is 23.1. The van der Waals surface area contributed by atoms with Gasteiger partial charge in [0.2, 0.25) is 0 Å². The molecule has 0 aromatic heterocycles. The molecule has 0 spiro atoms. The molecule has 0 heterocycles. The highest BCUT2D eigenvalue weighted by Gasteiger charge is 2.43. The van der Waals surface area contributed by atoms with Gasteiger partial charge in [-0.2, -0.15) is 16.8 Å². The Kier molecular flexibility index (Phi) is 3.07. The van der Waals surface area contributed by atoms with Crippen molar-refractivity contribution in [3.05, 3.63) is 35.4 Å². The van der Waals surface area contributed by atoms with Gasteiger partial charge >= 0.3 is 0 Å². The first-order valence-corrected chi connectivity index (χ1v) is 7.99. The van der Waals surface area contributed by atoms with Gasteiger partial charge in [0.15, 0.2) is 4.87 Å². The molecule has 4 N–H and O–H groups in total. The van der Waals surface area contributed by atoms with E-state index < -0.39 is 30.0 Å². The minimum absolute atomic E-state index is 0.0450. The zero-order chi connectivity index (χ0) is 14.5. The molecule has 0 saturated carbocycles. The van der Waals surface area contributed by atoms with Crippen molar-refractivity contribution < 1.29 is 25.9 Å². The molecule has 1 aromatic carbocycles. The molecular formula is C10H11NO6S2. The number of nitrogens with two attached hydrogens (primary N) is 1. The number of benzene rings is 1. The Morgan fingerprint density at radius 1 is 1.16 bits per heavy atom. The third-order valence-electron chi connectivity index (χ3n) is 2.97. The van der Waals surface area contributed by atoms with Gasteiger partial charge in [0.25, 0.3) is 20.2 Å². The predicted molar refractivity (Wildman–Crippen MR) is 67.3 cm³/mol. The van der Waals surface area contributed by atoms with E-state index in [1.807, 2.05) is 0 Å². The van der Waals surface area contributed by atoms with E-state index in [2.05, 4.69) is 0 Å². The summed E-state index contributed by atoms with van der Waals surface area (Å²) < 4.78 is 63.6. The smallest absolute Gasteiger partial charge is 0.295 e. The SMILES string of the molecule is NC1(S(=O)(=O)O)CC=Cc2c1cccc2S(=O)(=O)O. The van der Waals surface area contributed by atoms with Gasteiger partial charge in [0, 0.05) is 12.0 Å². The van der Waals surface area contributed by atoms with E-state index in [1.54, 1.807) is 0 Å². The van der Waals surface area contributed by atoms with Gasteiger partial charge < -0.3 is 5.73 Å². The molecule has 0 aliphatic heterocycles. The Bertz CT molecular complexity index is 765. The van der Waals surface area contributed by atoms with E-state index in [0.717, 1.165) is 6.07 Å². The van der Waals surface area contributed by atoms with Crippen LogP contribution >= 0.6 is 0 Å². The van der Waals surface area contributed by atoms with E-state index in [9.17, 15) is 21.4 Å². The summed E-state index contributed by atoms with van der Waals surface area (Å²) in [7, 11) is -9.17. The first-order chi connectivity index (χ1) is 8.57. The fourth-order valence-corrected chi connectivity index (χ4v) is 3.49. The lowest BCUT2D eigenvalue weighted by Gasteiger charge is -2.30. The highest BCUT2D eigenvalue weighted by molar-refractivity contribution is 7.87. The summed E-state index contributed by atoms with van der Waals surface area (Å²) in [4.78, 5) is -2.59. The van der Waals surface area contributed by atoms with Crippen LogP contribution in [0.3, 0.4) is 0 Å². The molecule has 0 amide bonds. The summed E-state index contributed by atoms with van der Waals surface area (Å²) in [5.74, 6) is 0. The van der Waals surface area contributed by atoms with Crippen LogP contribution in [0.25, 0.3) is 6.08 Å². The van der Waals surface area contributed by atoms with E-state index >= 15 is 0 Å². The molecule has 0 fully saturated rings. The second-order valence-electron chi connectivity index (χ2n) is 4.16. The average molecular weight is 305 g/mol. The van der Waals surface area contributed by atoms with Crippen LogP contribution in [-0.4, -0.2) is 25.9 Å². The largest absolute Gasteiger partial charge is 0.307 e. The van der Waals surface area contributed by atoms with Gasteiger partial charge in [0.1, 0.15) is 4.90 Å². The fraction of sp³-hybridized carbons (Fsp3) is 0.200. The van der Waals surface area contributed by atoms with Crippen molar-refractivity contribution in [2.45, 2.75) is 16.2 Å². The lowest BCUT2D eigenvalue weighted by atomic mass is 9.93. The molecule has 7 nitrogen and oxygen atoms in total. The zero-order valence-electron chi connectivity index (χ0n) is 9.52. The maximum absolute atomic E-state index is 11.4. The van der Waals surface area contributed by atoms with Crippen molar-refractivity contribution in [3.8, 4) is 0 Å². The fourth-order valence-electron chi connectivity index (χ4n) is 2.02. The molecular weight excluding hydrogens is 294 g/mol. The van der Waals surface area contributed by atoms with Crippen molar-refractivity contribution in [1.82, 2.24) is 0 Å². The molecule has 0 radical (unpaired) electrons. The Hall–Kier alpha value is -1.26. The Morgan fingerprint density at radius 3 is 2.32 bits per heavy atom. The maximum Gasteiger partial charge on any atom is 0.295 e. The molecule has 1 atom stereocenters. The summed E-state index contributed by atoms with van der Waals surface area (Å²) in [5.41, 5.74) is 5.57. The van der Waals surface area contributed by atoms with Crippen LogP contribution in [0.2, 0.25) is 0 Å². The van der Waals surface area contributed by atoms with Gasteiger partial charge in [-0.05, 0) is 11.6 Å². The third-order valence-corrected chi connectivity index (χ3v) is 5.18. The second kappa shape index (κ2) is 4.12. The molecule has 0 saturated heterocycles. The summed E-state index contributed by atoms with van der Waals surface area (Å²) >= 11 is 0. The number of hydrogen-bond acceptors (Lipinski definition) is 5. The molecule has 2 rings (SSSR count). The van der Waals surface area contributed by atoms with E-state index in [1.165, 1.54) is 24.3 Å². The molecule has 104 valence electrons. The van der Waals surface area contributed by atoms with Gasteiger partial charge in [-0.1, -0.05) is 24.3 Å². The number of rotatable bonds is 2. The van der Waals surface area contributed by atoms with Crippen LogP contribution in [0, 0.1) is 0 Å². The number of fused-ring (bicyclic) bond motifs is 1. The highest BCUT2D eigenvalue weighted by atomic mass is 32.2. The van der Waals surface area contributed by atoms with Crippen molar-refractivity contribution in [1.29, 1.82) is 0 Å². The molecule has 1 aliphatic rings. The quantitative estimate of drug-likeness (QED) is 0.671. The summed E-state index contributed by atoms with van der Waals surface area (Å²) in [6.45, 7) is 0. The van der Waals surface area contributed by atoms with Crippen molar-refractivity contribution in [3.63, 3.8) is 0 Å². The van der Waals surface area contributed by atoms with Crippen LogP contribution in [0.1, 0.15) is 17.5 Å². The molecule has 1 aromatic rings. The average Bonchev–Trinajstić information content (AvgIpc) is 2.26. The minimum Gasteiger partial charge on any atom is -0.307 e. The first kappa shape index (κ1) is 14.2. The second-order valence-corrected chi connectivity index (χ2v) is 7.23. The van der Waals surface area contributed by atoms with E-state index in [0.29, 0.717) is 0 Å². The van der Waals surface area contributed by atoms with Gasteiger partial charge in [-0.3, -0.25) is 9.11 Å². The highest BCUT2D eigenvalue weighted by Crippen LogP contribution is 2.37. The van der Waals surface area contributed by atoms with Crippen LogP contribution in [0.5, 0.6) is 0 Å². The summed E-state index contributed by atoms with van der Waals surface area (Å²) in [6, 6.07) is 3.66. The molecule has 1 unspecified atom stereocenters. The van der Waals surface area contributed by atoms with E-state index in [-0.39, 0.29) is 17.5 Å². The molecule has 9 heteroatoms. The standard InChI is InChI=1S/C10H11NO6S2/c11-10(19(15,16)17)6-2-3-7-8(10)4-1-5-9(7)18(12,13)14/h1-5H,6,11H2,(H,12,13,14)(H,15,16,17). The first-order valence-electron chi connectivity index (χ1n) is 5.11. The van der Waals surface area contributed by atoms with Crippen molar-refractivity contribution in [2.24, 2.45) is 5.73 Å². The Morgan fingerprint density at radius 2 is 1.79 bits per heavy atom.